The Bertz CT molecular complexity index is 887. The third-order valence-corrected chi connectivity index (χ3v) is 5.39. The molecule has 0 fully saturated rings. The number of nitrogens with one attached hydrogen (secondary N) is 1. The van der Waals surface area contributed by atoms with Crippen molar-refractivity contribution in [2.45, 2.75) is 29.9 Å². The van der Waals surface area contributed by atoms with Crippen LogP contribution in [0.15, 0.2) is 47.4 Å². The molecule has 2 unspecified atom stereocenters. The average Bonchev–Trinajstić information content (AvgIpc) is 2.60. The summed E-state index contributed by atoms with van der Waals surface area (Å²) in [5.41, 5.74) is 1.51. The lowest BCUT2D eigenvalue weighted by Crippen LogP contribution is -2.36. The highest BCUT2D eigenvalue weighted by Gasteiger charge is 2.22. The predicted octanol–water partition coefficient (Wildman–Crippen LogP) is 2.60. The van der Waals surface area contributed by atoms with Crippen LogP contribution >= 0.6 is 11.6 Å². The molecule has 0 saturated heterocycles. The Morgan fingerprint density at radius 1 is 1.27 bits per heavy atom. The van der Waals surface area contributed by atoms with Gasteiger partial charge in [0, 0.05) is 18.1 Å². The number of rotatable bonds is 6. The summed E-state index contributed by atoms with van der Waals surface area (Å²) in [7, 11) is -4.21. The predicted molar refractivity (Wildman–Crippen MR) is 98.3 cm³/mol. The second-order valence-electron chi connectivity index (χ2n) is 6.25. The quantitative estimate of drug-likeness (QED) is 0.648. The Balaban J connectivity index is 1.53. The van der Waals surface area contributed by atoms with Gasteiger partial charge in [0.05, 0.1) is 11.0 Å². The van der Waals surface area contributed by atoms with Gasteiger partial charge in [-0.2, -0.15) is 8.42 Å². The van der Waals surface area contributed by atoms with E-state index in [-0.39, 0.29) is 11.0 Å². The number of benzene rings is 2. The number of aliphatic hydroxyl groups excluding tert-OH is 1. The highest BCUT2D eigenvalue weighted by atomic mass is 35.5. The third kappa shape index (κ3) is 4.75. The van der Waals surface area contributed by atoms with E-state index in [1.54, 1.807) is 24.3 Å². The molecule has 140 valence electrons. The molecule has 2 aromatic rings. The summed E-state index contributed by atoms with van der Waals surface area (Å²) in [4.78, 5) is -0.124. The fourth-order valence-electron chi connectivity index (χ4n) is 2.94. The van der Waals surface area contributed by atoms with Crippen LogP contribution in [0.1, 0.15) is 23.7 Å². The average molecular weight is 398 g/mol. The molecule has 8 heteroatoms. The van der Waals surface area contributed by atoms with E-state index in [0.717, 1.165) is 11.1 Å². The number of hydrogen-bond acceptors (Lipinski definition) is 5. The van der Waals surface area contributed by atoms with Crippen molar-refractivity contribution in [2.24, 2.45) is 0 Å². The minimum absolute atomic E-state index is 0.0781. The number of ether oxygens (including phenoxy) is 1. The van der Waals surface area contributed by atoms with Crippen LogP contribution in [0.2, 0.25) is 5.02 Å². The second-order valence-corrected chi connectivity index (χ2v) is 8.11. The summed E-state index contributed by atoms with van der Waals surface area (Å²) in [6.45, 7) is 0.922. The van der Waals surface area contributed by atoms with E-state index in [0.29, 0.717) is 36.7 Å². The molecule has 0 aromatic heterocycles. The van der Waals surface area contributed by atoms with Crippen molar-refractivity contribution in [3.63, 3.8) is 0 Å². The van der Waals surface area contributed by atoms with Gasteiger partial charge in [-0.15, -0.1) is 0 Å². The molecule has 0 amide bonds. The summed E-state index contributed by atoms with van der Waals surface area (Å²) in [5.74, 6) is 0.617. The molecule has 2 atom stereocenters. The maximum Gasteiger partial charge on any atom is 0.294 e. The molecule has 3 N–H and O–H groups in total. The van der Waals surface area contributed by atoms with Crippen molar-refractivity contribution < 1.29 is 22.8 Å². The van der Waals surface area contributed by atoms with Gasteiger partial charge >= 0.3 is 0 Å². The monoisotopic (exact) mass is 397 g/mol. The van der Waals surface area contributed by atoms with Gasteiger partial charge < -0.3 is 15.2 Å². The zero-order chi connectivity index (χ0) is 18.7. The van der Waals surface area contributed by atoms with E-state index in [9.17, 15) is 13.5 Å². The second kappa shape index (κ2) is 7.94. The number of hydrogen-bond donors (Lipinski definition) is 3. The first kappa shape index (κ1) is 19.1. The summed E-state index contributed by atoms with van der Waals surface area (Å²) in [6, 6.07) is 11.4. The van der Waals surface area contributed by atoms with Crippen molar-refractivity contribution in [2.75, 3.05) is 13.1 Å². The van der Waals surface area contributed by atoms with Gasteiger partial charge in [0.25, 0.3) is 10.1 Å². The van der Waals surface area contributed by atoms with Gasteiger partial charge in [-0.05, 0) is 54.3 Å². The largest absolute Gasteiger partial charge is 0.489 e. The maximum atomic E-state index is 11.2. The standard InChI is InChI=1S/C18H20ClNO5S/c19-14-3-1-2-12(8-14)17(21)11-20-10-15-5-4-13-9-16(26(22,23)24)6-7-18(13)25-15/h1-3,6-9,15,17,20-21H,4-5,10-11H2,(H,22,23,24). The molecular weight excluding hydrogens is 378 g/mol. The highest BCUT2D eigenvalue weighted by Crippen LogP contribution is 2.29. The Morgan fingerprint density at radius 3 is 2.81 bits per heavy atom. The Morgan fingerprint density at radius 2 is 2.08 bits per heavy atom. The van der Waals surface area contributed by atoms with E-state index in [1.165, 1.54) is 12.1 Å². The molecule has 3 rings (SSSR count). The minimum atomic E-state index is -4.21. The molecule has 0 saturated carbocycles. The van der Waals surface area contributed by atoms with E-state index in [2.05, 4.69) is 5.32 Å². The van der Waals surface area contributed by atoms with Crippen LogP contribution in [0, 0.1) is 0 Å². The van der Waals surface area contributed by atoms with Crippen LogP contribution < -0.4 is 10.1 Å². The first-order valence-electron chi connectivity index (χ1n) is 8.24. The van der Waals surface area contributed by atoms with Crippen molar-refractivity contribution in [1.82, 2.24) is 5.32 Å². The van der Waals surface area contributed by atoms with Gasteiger partial charge in [-0.1, -0.05) is 23.7 Å². The lowest BCUT2D eigenvalue weighted by atomic mass is 10.0. The van der Waals surface area contributed by atoms with E-state index >= 15 is 0 Å². The first-order valence-corrected chi connectivity index (χ1v) is 10.1. The fourth-order valence-corrected chi connectivity index (χ4v) is 3.67. The molecule has 26 heavy (non-hydrogen) atoms. The number of halogens is 1. The molecular formula is C18H20ClNO5S. The van der Waals surface area contributed by atoms with Gasteiger partial charge in [-0.3, -0.25) is 4.55 Å². The van der Waals surface area contributed by atoms with Gasteiger partial charge in [-0.25, -0.2) is 0 Å². The molecule has 2 aromatic carbocycles. The summed E-state index contributed by atoms with van der Waals surface area (Å²) in [5, 5.41) is 14.0. The van der Waals surface area contributed by atoms with Crippen molar-refractivity contribution in [3.05, 3.63) is 58.6 Å². The third-order valence-electron chi connectivity index (χ3n) is 4.30. The molecule has 0 bridgehead atoms. The minimum Gasteiger partial charge on any atom is -0.489 e. The highest BCUT2D eigenvalue weighted by molar-refractivity contribution is 7.85. The summed E-state index contributed by atoms with van der Waals surface area (Å²) in [6.07, 6.45) is 0.622. The zero-order valence-electron chi connectivity index (χ0n) is 13.9. The smallest absolute Gasteiger partial charge is 0.294 e. The fraction of sp³-hybridized carbons (Fsp3) is 0.333. The van der Waals surface area contributed by atoms with Crippen molar-refractivity contribution in [1.29, 1.82) is 0 Å². The molecule has 0 radical (unpaired) electrons. The van der Waals surface area contributed by atoms with Gasteiger partial charge in [0.1, 0.15) is 11.9 Å². The number of aryl methyl sites for hydroxylation is 1. The zero-order valence-corrected chi connectivity index (χ0v) is 15.5. The van der Waals surface area contributed by atoms with E-state index in [1.807, 2.05) is 6.07 Å². The van der Waals surface area contributed by atoms with Crippen LogP contribution in [0.3, 0.4) is 0 Å². The van der Waals surface area contributed by atoms with Crippen LogP contribution in [-0.4, -0.2) is 37.3 Å². The number of fused-ring (bicyclic) bond motifs is 1. The molecule has 1 heterocycles. The van der Waals surface area contributed by atoms with Crippen LogP contribution in [0.5, 0.6) is 5.75 Å². The van der Waals surface area contributed by atoms with Crippen LogP contribution in [0.4, 0.5) is 0 Å². The molecule has 6 nitrogen and oxygen atoms in total. The summed E-state index contributed by atoms with van der Waals surface area (Å²) >= 11 is 5.93. The first-order chi connectivity index (χ1) is 12.3. The van der Waals surface area contributed by atoms with E-state index < -0.39 is 16.2 Å². The molecule has 1 aliphatic rings. The van der Waals surface area contributed by atoms with Gasteiger partial charge in [0.15, 0.2) is 0 Å². The number of aliphatic hydroxyl groups is 1. The topological polar surface area (TPSA) is 95.9 Å². The normalized spacial score (nSPS) is 18.0. The Labute approximate surface area is 157 Å². The van der Waals surface area contributed by atoms with E-state index in [4.69, 9.17) is 20.9 Å². The molecule has 0 spiro atoms. The maximum absolute atomic E-state index is 11.2. The van der Waals surface area contributed by atoms with Crippen molar-refractivity contribution >= 4 is 21.7 Å². The molecule has 1 aliphatic heterocycles. The Kier molecular flexibility index (Phi) is 5.84. The molecule has 0 aliphatic carbocycles. The SMILES string of the molecule is O=S(=O)(O)c1ccc2c(c1)CCC(CNCC(O)c1cccc(Cl)c1)O2. The lowest BCUT2D eigenvalue weighted by Gasteiger charge is -2.27. The van der Waals surface area contributed by atoms with Crippen LogP contribution in [0.25, 0.3) is 0 Å². The van der Waals surface area contributed by atoms with Crippen LogP contribution in [-0.2, 0) is 16.5 Å². The Hall–Kier alpha value is -1.64. The van der Waals surface area contributed by atoms with Gasteiger partial charge in [0.2, 0.25) is 0 Å². The lowest BCUT2D eigenvalue weighted by molar-refractivity contribution is 0.146. The van der Waals surface area contributed by atoms with Crippen molar-refractivity contribution in [3.8, 4) is 5.75 Å². The summed E-state index contributed by atoms with van der Waals surface area (Å²) < 4.78 is 37.4.